The van der Waals surface area contributed by atoms with Crippen LogP contribution in [-0.2, 0) is 33.1 Å². The smallest absolute Gasteiger partial charge is 0.294 e. The molecule has 0 aliphatic carbocycles. The second kappa shape index (κ2) is 19.9. The molecule has 0 spiro atoms. The standard InChI is InChI=1S/C44H32N4O6S2.C6H15NO3/c49-55(50,51)31-15-11-29(12-16-31)43-37-23-21-35(46-37)41(27-7-3-1-4-8-27)33-19-20-34(45-33)42(28-9-5-2-6-10-28)36-22-24-38(47-36)44(40-26-25-39(43)48-40)30-13-17-32(18-14-30)56(52,53)54;8-4-1-7(2-5-9)3-6-10/h1-24,46-47H,25-26H2,(H,49,50,51)(H,52,53,54);8-10H,1-6H2. The van der Waals surface area contributed by atoms with Crippen LogP contribution in [0, 0.1) is 0 Å². The summed E-state index contributed by atoms with van der Waals surface area (Å²) in [6.07, 6.45) is 5.09. The van der Waals surface area contributed by atoms with Gasteiger partial charge in [0.05, 0.1) is 52.4 Å². The summed E-state index contributed by atoms with van der Waals surface area (Å²) < 4.78 is 67.4. The van der Waals surface area contributed by atoms with Crippen molar-refractivity contribution in [3.05, 3.63) is 156 Å². The Morgan fingerprint density at radius 2 is 0.773 bits per heavy atom. The minimum absolute atomic E-state index is 0.0694. The van der Waals surface area contributed by atoms with Gasteiger partial charge in [-0.3, -0.25) is 19.0 Å². The van der Waals surface area contributed by atoms with Gasteiger partial charge in [0.1, 0.15) is 0 Å². The molecule has 0 amide bonds. The van der Waals surface area contributed by atoms with Crippen LogP contribution in [0.25, 0.3) is 78.7 Å². The van der Waals surface area contributed by atoms with Gasteiger partial charge in [0.2, 0.25) is 0 Å². The highest BCUT2D eigenvalue weighted by molar-refractivity contribution is 7.86. The molecule has 3 aromatic heterocycles. The second-order valence-electron chi connectivity index (χ2n) is 15.5. The summed E-state index contributed by atoms with van der Waals surface area (Å²) >= 11 is 0. The van der Waals surface area contributed by atoms with Gasteiger partial charge in [-0.1, -0.05) is 84.9 Å². The number of aliphatic hydroxyl groups excluding tert-OH is 3. The van der Waals surface area contributed by atoms with Crippen molar-refractivity contribution < 1.29 is 41.3 Å². The van der Waals surface area contributed by atoms with Crippen molar-refractivity contribution in [1.82, 2.24) is 24.8 Å². The summed E-state index contributed by atoms with van der Waals surface area (Å²) in [5.74, 6) is 0. The van der Waals surface area contributed by atoms with Crippen molar-refractivity contribution in [3.8, 4) is 44.5 Å². The van der Waals surface area contributed by atoms with Crippen molar-refractivity contribution in [1.29, 1.82) is 0 Å². The first-order valence-electron chi connectivity index (χ1n) is 21.1. The zero-order valence-corrected chi connectivity index (χ0v) is 37.2. The lowest BCUT2D eigenvalue weighted by atomic mass is 10.0. The van der Waals surface area contributed by atoms with Gasteiger partial charge in [-0.25, -0.2) is 4.98 Å². The Kier molecular flexibility index (Phi) is 13.8. The summed E-state index contributed by atoms with van der Waals surface area (Å²) in [7, 11) is -8.85. The van der Waals surface area contributed by atoms with Crippen LogP contribution in [0.1, 0.15) is 22.8 Å². The maximum Gasteiger partial charge on any atom is 0.294 e. The fraction of sp³-hybridized carbons (Fsp3) is 0.160. The number of fused-ring (bicyclic) bond motifs is 8. The number of aromatic amines is 2. The quantitative estimate of drug-likeness (QED) is 0.0585. The zero-order chi connectivity index (χ0) is 46.4. The Labute approximate surface area is 381 Å². The van der Waals surface area contributed by atoms with Gasteiger partial charge in [0.15, 0.2) is 0 Å². The van der Waals surface area contributed by atoms with Crippen molar-refractivity contribution in [2.45, 2.75) is 22.6 Å². The summed E-state index contributed by atoms with van der Waals surface area (Å²) in [5.41, 5.74) is 12.7. The summed E-state index contributed by atoms with van der Waals surface area (Å²) in [4.78, 5) is 19.2. The Hall–Kier alpha value is -6.60. The van der Waals surface area contributed by atoms with Gasteiger partial charge in [-0.2, -0.15) is 16.8 Å². The van der Waals surface area contributed by atoms with Crippen LogP contribution >= 0.6 is 0 Å². The van der Waals surface area contributed by atoms with E-state index in [4.69, 9.17) is 25.3 Å². The van der Waals surface area contributed by atoms with Crippen LogP contribution in [0.4, 0.5) is 0 Å². The number of benzene rings is 4. The molecule has 14 nitrogen and oxygen atoms in total. The number of nitrogens with zero attached hydrogens (tertiary/aromatic N) is 3. The Morgan fingerprint density at radius 3 is 1.11 bits per heavy atom. The molecular formula is C50H47N5O9S2. The minimum atomic E-state index is -4.42. The van der Waals surface area contributed by atoms with E-state index in [9.17, 15) is 25.9 Å². The fourth-order valence-corrected chi connectivity index (χ4v) is 9.24. The summed E-state index contributed by atoms with van der Waals surface area (Å²) in [5, 5.41) is 25.5. The molecule has 8 bridgehead atoms. The molecule has 0 atom stereocenters. The van der Waals surface area contributed by atoms with Gasteiger partial charge < -0.3 is 25.3 Å². The molecule has 0 radical (unpaired) electrons. The molecule has 66 heavy (non-hydrogen) atoms. The van der Waals surface area contributed by atoms with Gasteiger partial charge in [0.25, 0.3) is 20.2 Å². The second-order valence-corrected chi connectivity index (χ2v) is 18.4. The highest BCUT2D eigenvalue weighted by atomic mass is 32.2. The molecule has 0 fully saturated rings. The third-order valence-electron chi connectivity index (χ3n) is 11.3. The van der Waals surface area contributed by atoms with Crippen molar-refractivity contribution in [2.75, 3.05) is 39.5 Å². The van der Waals surface area contributed by atoms with E-state index in [0.717, 1.165) is 78.2 Å². The van der Waals surface area contributed by atoms with Crippen molar-refractivity contribution in [3.63, 3.8) is 0 Å². The van der Waals surface area contributed by atoms with Gasteiger partial charge in [-0.15, -0.1) is 0 Å². The predicted molar refractivity (Wildman–Crippen MR) is 256 cm³/mol. The van der Waals surface area contributed by atoms with Crippen LogP contribution < -0.4 is 0 Å². The predicted octanol–water partition coefficient (Wildman–Crippen LogP) is 7.70. The highest BCUT2D eigenvalue weighted by Crippen LogP contribution is 2.38. The highest BCUT2D eigenvalue weighted by Gasteiger charge is 2.22. The maximum atomic E-state index is 12.0. The molecule has 0 saturated carbocycles. The normalized spacial score (nSPS) is 12.6. The van der Waals surface area contributed by atoms with Gasteiger partial charge in [0, 0.05) is 64.0 Å². The van der Waals surface area contributed by atoms with Gasteiger partial charge >= 0.3 is 0 Å². The number of aliphatic hydroxyl groups is 3. The Morgan fingerprint density at radius 1 is 0.439 bits per heavy atom. The van der Waals surface area contributed by atoms with Crippen LogP contribution in [0.2, 0.25) is 0 Å². The topological polar surface area (TPSA) is 230 Å². The molecule has 2 aliphatic rings. The Balaban J connectivity index is 0.000000532. The summed E-state index contributed by atoms with van der Waals surface area (Å²) in [6.45, 7) is 1.75. The number of aryl methyl sites for hydroxylation is 2. The third kappa shape index (κ3) is 10.1. The van der Waals surface area contributed by atoms with Crippen molar-refractivity contribution in [2.24, 2.45) is 0 Å². The van der Waals surface area contributed by atoms with E-state index in [2.05, 4.69) is 9.97 Å². The molecule has 9 rings (SSSR count). The fourth-order valence-electron chi connectivity index (χ4n) is 8.28. The third-order valence-corrected chi connectivity index (χ3v) is 13.0. The van der Waals surface area contributed by atoms with E-state index in [1.165, 1.54) is 24.3 Å². The van der Waals surface area contributed by atoms with Crippen LogP contribution in [0.15, 0.2) is 143 Å². The average Bonchev–Trinajstić information content (AvgIpc) is 4.16. The lowest BCUT2D eigenvalue weighted by Gasteiger charge is -2.17. The minimum Gasteiger partial charge on any atom is -0.395 e. The molecule has 338 valence electrons. The first kappa shape index (κ1) is 45.9. The lowest BCUT2D eigenvalue weighted by molar-refractivity contribution is 0.136. The van der Waals surface area contributed by atoms with Crippen LogP contribution in [0.5, 0.6) is 0 Å². The number of hydrogen-bond acceptors (Lipinski definition) is 10. The molecule has 16 heteroatoms. The molecular weight excluding hydrogens is 879 g/mol. The molecule has 7 N–H and O–H groups in total. The van der Waals surface area contributed by atoms with E-state index < -0.39 is 20.2 Å². The van der Waals surface area contributed by atoms with E-state index >= 15 is 0 Å². The molecule has 4 aromatic carbocycles. The number of rotatable bonds is 12. The molecule has 7 aromatic rings. The largest absolute Gasteiger partial charge is 0.395 e. The van der Waals surface area contributed by atoms with E-state index in [0.29, 0.717) is 43.6 Å². The number of hydrogen-bond donors (Lipinski definition) is 7. The first-order chi connectivity index (χ1) is 31.9. The first-order valence-corrected chi connectivity index (χ1v) is 24.0. The van der Waals surface area contributed by atoms with E-state index in [-0.39, 0.29) is 29.6 Å². The number of aromatic nitrogens is 4. The molecule has 0 unspecified atom stereocenters. The number of nitrogens with one attached hydrogen (secondary N) is 2. The average molecular weight is 926 g/mol. The molecule has 5 heterocycles. The Bertz CT molecular complexity index is 3060. The molecule has 2 aliphatic heterocycles. The molecule has 0 saturated heterocycles. The zero-order valence-electron chi connectivity index (χ0n) is 35.5. The van der Waals surface area contributed by atoms with Crippen molar-refractivity contribution >= 4 is 54.5 Å². The number of H-pyrrole nitrogens is 2. The summed E-state index contributed by atoms with van der Waals surface area (Å²) in [6, 6.07) is 40.1. The van der Waals surface area contributed by atoms with Crippen LogP contribution in [0.3, 0.4) is 0 Å². The van der Waals surface area contributed by atoms with Crippen LogP contribution in [-0.4, -0.2) is 106 Å². The SMILES string of the molecule is O=S(=O)(O)c1ccc(-c2c3nc(c(-c4ccc(S(=O)(=O)O)cc4)c4ccc([nH]4)c(-c4ccccc4)c4nc(c(-c5ccccc5)c5ccc2[nH]5)C=C4)CC3)cc1.OCCN(CCO)CCO. The maximum absolute atomic E-state index is 12.0. The van der Waals surface area contributed by atoms with E-state index in [1.54, 1.807) is 29.2 Å². The lowest BCUT2D eigenvalue weighted by Crippen LogP contribution is -2.32. The van der Waals surface area contributed by atoms with E-state index in [1.807, 2.05) is 97.1 Å². The monoisotopic (exact) mass is 925 g/mol. The van der Waals surface area contributed by atoms with Gasteiger partial charge in [-0.05, 0) is 95.8 Å².